The van der Waals surface area contributed by atoms with Crippen LogP contribution >= 0.6 is 11.8 Å². The van der Waals surface area contributed by atoms with Gasteiger partial charge in [0.2, 0.25) is 17.7 Å². The van der Waals surface area contributed by atoms with Crippen LogP contribution in [0, 0.1) is 0 Å². The van der Waals surface area contributed by atoms with E-state index in [2.05, 4.69) is 15.6 Å². The van der Waals surface area contributed by atoms with Crippen LogP contribution in [-0.2, 0) is 16.0 Å². The van der Waals surface area contributed by atoms with E-state index in [4.69, 9.17) is 4.42 Å². The fraction of sp³-hybridized carbons (Fsp3) is 0.200. The lowest BCUT2D eigenvalue weighted by Crippen LogP contribution is -2.27. The van der Waals surface area contributed by atoms with Crippen LogP contribution in [0.1, 0.15) is 30.0 Å². The Morgan fingerprint density at radius 3 is 2.71 bits per heavy atom. The molecule has 2 unspecified atom stereocenters. The van der Waals surface area contributed by atoms with Crippen LogP contribution < -0.4 is 10.6 Å². The summed E-state index contributed by atoms with van der Waals surface area (Å²) in [6.07, 6.45) is 0.425. The SMILES string of the molecule is CC(=O)NC(c1ccccc1)c1nc2cc(CC3SC(=O)NC3=O)ccc2o1. The summed E-state index contributed by atoms with van der Waals surface area (Å²) in [4.78, 5) is 39.3. The van der Waals surface area contributed by atoms with Gasteiger partial charge in [-0.15, -0.1) is 0 Å². The average Bonchev–Trinajstić information content (AvgIpc) is 3.22. The van der Waals surface area contributed by atoms with E-state index in [9.17, 15) is 14.4 Å². The minimum absolute atomic E-state index is 0.189. The van der Waals surface area contributed by atoms with Crippen molar-refractivity contribution in [3.8, 4) is 0 Å². The number of hydrogen-bond acceptors (Lipinski definition) is 6. The Balaban J connectivity index is 1.64. The molecule has 3 aromatic rings. The summed E-state index contributed by atoms with van der Waals surface area (Å²) >= 11 is 0.997. The van der Waals surface area contributed by atoms with E-state index in [1.807, 2.05) is 42.5 Å². The van der Waals surface area contributed by atoms with Gasteiger partial charge < -0.3 is 9.73 Å². The molecule has 2 aromatic carbocycles. The van der Waals surface area contributed by atoms with Gasteiger partial charge in [-0.2, -0.15) is 0 Å². The van der Waals surface area contributed by atoms with Gasteiger partial charge in [-0.05, 0) is 29.7 Å². The first-order chi connectivity index (χ1) is 13.5. The smallest absolute Gasteiger partial charge is 0.286 e. The highest BCUT2D eigenvalue weighted by molar-refractivity contribution is 8.15. The second kappa shape index (κ2) is 7.47. The quantitative estimate of drug-likeness (QED) is 0.689. The summed E-state index contributed by atoms with van der Waals surface area (Å²) < 4.78 is 5.88. The third kappa shape index (κ3) is 3.77. The number of fused-ring (bicyclic) bond motifs is 1. The van der Waals surface area contributed by atoms with Crippen molar-refractivity contribution in [2.45, 2.75) is 24.6 Å². The molecule has 3 amide bonds. The van der Waals surface area contributed by atoms with Crippen molar-refractivity contribution in [3.63, 3.8) is 0 Å². The molecule has 1 fully saturated rings. The molecular formula is C20H17N3O4S. The van der Waals surface area contributed by atoms with Crippen LogP contribution in [0.15, 0.2) is 52.9 Å². The second-order valence-corrected chi connectivity index (χ2v) is 7.66. The monoisotopic (exact) mass is 395 g/mol. The standard InChI is InChI=1S/C20H17N3O4S/c1-11(24)21-17(13-5-3-2-4-6-13)19-22-14-9-12(7-8-15(14)27-19)10-16-18(25)23-20(26)28-16/h2-9,16-17H,10H2,1H3,(H,21,24)(H,23,25,26). The van der Waals surface area contributed by atoms with Crippen molar-refractivity contribution in [2.75, 3.05) is 0 Å². The Morgan fingerprint density at radius 1 is 1.25 bits per heavy atom. The molecule has 1 aromatic heterocycles. The number of hydrogen-bond donors (Lipinski definition) is 2. The Hall–Kier alpha value is -3.13. The number of amides is 3. The first-order valence-electron chi connectivity index (χ1n) is 8.72. The Kier molecular flexibility index (Phi) is 4.87. The maximum Gasteiger partial charge on any atom is 0.286 e. The normalized spacial score (nSPS) is 17.5. The molecule has 28 heavy (non-hydrogen) atoms. The van der Waals surface area contributed by atoms with E-state index in [-0.39, 0.29) is 17.1 Å². The van der Waals surface area contributed by atoms with Crippen LogP contribution in [0.4, 0.5) is 4.79 Å². The number of aromatic nitrogens is 1. The summed E-state index contributed by atoms with van der Waals surface area (Å²) in [7, 11) is 0. The minimum atomic E-state index is -0.497. The number of imide groups is 1. The van der Waals surface area contributed by atoms with E-state index < -0.39 is 11.3 Å². The van der Waals surface area contributed by atoms with Gasteiger partial charge in [0.05, 0.1) is 5.25 Å². The van der Waals surface area contributed by atoms with Crippen molar-refractivity contribution in [1.29, 1.82) is 0 Å². The van der Waals surface area contributed by atoms with Crippen LogP contribution in [0.2, 0.25) is 0 Å². The molecule has 4 rings (SSSR count). The van der Waals surface area contributed by atoms with E-state index >= 15 is 0 Å². The number of carbonyl (C=O) groups is 3. The van der Waals surface area contributed by atoms with Crippen LogP contribution in [0.25, 0.3) is 11.1 Å². The lowest BCUT2D eigenvalue weighted by atomic mass is 10.1. The lowest BCUT2D eigenvalue weighted by Gasteiger charge is -2.14. The highest BCUT2D eigenvalue weighted by Gasteiger charge is 2.31. The zero-order chi connectivity index (χ0) is 19.7. The van der Waals surface area contributed by atoms with Crippen molar-refractivity contribution < 1.29 is 18.8 Å². The molecule has 2 N–H and O–H groups in total. The van der Waals surface area contributed by atoms with E-state index in [0.29, 0.717) is 23.4 Å². The summed E-state index contributed by atoms with van der Waals surface area (Å²) in [6, 6.07) is 14.4. The van der Waals surface area contributed by atoms with Crippen molar-refractivity contribution in [1.82, 2.24) is 15.6 Å². The van der Waals surface area contributed by atoms with Gasteiger partial charge in [-0.1, -0.05) is 48.2 Å². The van der Waals surface area contributed by atoms with Crippen molar-refractivity contribution in [3.05, 3.63) is 65.5 Å². The topological polar surface area (TPSA) is 101 Å². The first-order valence-corrected chi connectivity index (χ1v) is 9.60. The third-order valence-electron chi connectivity index (χ3n) is 4.38. The molecule has 1 aliphatic heterocycles. The van der Waals surface area contributed by atoms with E-state index in [1.165, 1.54) is 6.92 Å². The van der Waals surface area contributed by atoms with Gasteiger partial charge in [0, 0.05) is 6.92 Å². The highest BCUT2D eigenvalue weighted by atomic mass is 32.2. The minimum Gasteiger partial charge on any atom is -0.438 e. The van der Waals surface area contributed by atoms with E-state index in [1.54, 1.807) is 6.07 Å². The number of oxazole rings is 1. The summed E-state index contributed by atoms with van der Waals surface area (Å²) in [5, 5.41) is 4.40. The Bertz CT molecular complexity index is 1060. The molecule has 142 valence electrons. The zero-order valence-corrected chi connectivity index (χ0v) is 15.8. The summed E-state index contributed by atoms with van der Waals surface area (Å²) in [5.74, 6) is -0.0758. The number of benzene rings is 2. The number of carbonyl (C=O) groups excluding carboxylic acids is 3. The molecule has 1 saturated heterocycles. The van der Waals surface area contributed by atoms with Gasteiger partial charge >= 0.3 is 0 Å². The highest BCUT2D eigenvalue weighted by Crippen LogP contribution is 2.28. The molecule has 1 aliphatic rings. The fourth-order valence-electron chi connectivity index (χ4n) is 3.12. The number of nitrogens with one attached hydrogen (secondary N) is 2. The maximum absolute atomic E-state index is 11.8. The molecule has 0 bridgehead atoms. The van der Waals surface area contributed by atoms with Gasteiger partial charge in [0.25, 0.3) is 5.24 Å². The molecular weight excluding hydrogens is 378 g/mol. The molecule has 0 saturated carbocycles. The molecule has 0 spiro atoms. The van der Waals surface area contributed by atoms with Crippen LogP contribution in [-0.4, -0.2) is 27.3 Å². The lowest BCUT2D eigenvalue weighted by molar-refractivity contribution is -0.120. The fourth-order valence-corrected chi connectivity index (χ4v) is 3.98. The van der Waals surface area contributed by atoms with Crippen LogP contribution in [0.3, 0.4) is 0 Å². The van der Waals surface area contributed by atoms with E-state index in [0.717, 1.165) is 22.9 Å². The van der Waals surface area contributed by atoms with Gasteiger partial charge in [-0.25, -0.2) is 4.98 Å². The molecule has 2 heterocycles. The number of nitrogens with zero attached hydrogens (tertiary/aromatic N) is 1. The molecule has 8 heteroatoms. The first kappa shape index (κ1) is 18.2. The zero-order valence-electron chi connectivity index (χ0n) is 15.0. The average molecular weight is 395 g/mol. The Morgan fingerprint density at radius 2 is 2.04 bits per heavy atom. The molecule has 0 aliphatic carbocycles. The number of rotatable bonds is 5. The number of thioether (sulfide) groups is 1. The predicted octanol–water partition coefficient (Wildman–Crippen LogP) is 2.95. The van der Waals surface area contributed by atoms with Gasteiger partial charge in [0.1, 0.15) is 11.6 Å². The van der Waals surface area contributed by atoms with Crippen LogP contribution in [0.5, 0.6) is 0 Å². The summed E-state index contributed by atoms with van der Waals surface area (Å²) in [6.45, 7) is 1.45. The van der Waals surface area contributed by atoms with Crippen molar-refractivity contribution >= 4 is 39.9 Å². The predicted molar refractivity (Wildman–Crippen MR) is 105 cm³/mol. The summed E-state index contributed by atoms with van der Waals surface area (Å²) in [5.41, 5.74) is 2.96. The molecule has 0 radical (unpaired) electrons. The molecule has 7 nitrogen and oxygen atoms in total. The third-order valence-corrected chi connectivity index (χ3v) is 5.37. The maximum atomic E-state index is 11.8. The van der Waals surface area contributed by atoms with Gasteiger partial charge in [-0.3, -0.25) is 19.7 Å². The second-order valence-electron chi connectivity index (χ2n) is 6.49. The van der Waals surface area contributed by atoms with Crippen molar-refractivity contribution in [2.24, 2.45) is 0 Å². The molecule has 2 atom stereocenters. The Labute approximate surface area is 164 Å². The largest absolute Gasteiger partial charge is 0.438 e. The van der Waals surface area contributed by atoms with Gasteiger partial charge in [0.15, 0.2) is 5.58 Å².